The molecule has 5 heteroatoms. The smallest absolute Gasteiger partial charge is 0.330 e. The van der Waals surface area contributed by atoms with E-state index in [4.69, 9.17) is 9.84 Å². The van der Waals surface area contributed by atoms with Crippen molar-refractivity contribution >= 4 is 24.1 Å². The van der Waals surface area contributed by atoms with Gasteiger partial charge < -0.3 is 14.6 Å². The SMILES string of the molecule is CCOC(=O)/C=C/c1ccc(/C=C/C(=O)OCCO)cc1. The number of hydrogen-bond donors (Lipinski definition) is 1. The molecule has 0 heterocycles. The van der Waals surface area contributed by atoms with Crippen LogP contribution in [-0.2, 0) is 19.1 Å². The van der Waals surface area contributed by atoms with E-state index in [0.29, 0.717) is 6.61 Å². The van der Waals surface area contributed by atoms with Crippen LogP contribution in [0.5, 0.6) is 0 Å². The maximum Gasteiger partial charge on any atom is 0.330 e. The van der Waals surface area contributed by atoms with Gasteiger partial charge in [-0.2, -0.15) is 0 Å². The molecule has 5 nitrogen and oxygen atoms in total. The highest BCUT2D eigenvalue weighted by Crippen LogP contribution is 2.08. The van der Waals surface area contributed by atoms with E-state index in [2.05, 4.69) is 4.74 Å². The summed E-state index contributed by atoms with van der Waals surface area (Å²) in [7, 11) is 0. The molecule has 0 saturated heterocycles. The summed E-state index contributed by atoms with van der Waals surface area (Å²) in [5.41, 5.74) is 1.67. The van der Waals surface area contributed by atoms with E-state index in [1.807, 2.05) is 12.1 Å². The third-order valence-corrected chi connectivity index (χ3v) is 2.38. The minimum Gasteiger partial charge on any atom is -0.463 e. The molecule has 0 saturated carbocycles. The maximum atomic E-state index is 11.2. The summed E-state index contributed by atoms with van der Waals surface area (Å²) in [5.74, 6) is -0.886. The zero-order valence-corrected chi connectivity index (χ0v) is 11.8. The molecule has 0 aromatic heterocycles. The van der Waals surface area contributed by atoms with Crippen LogP contribution in [0.4, 0.5) is 0 Å². The van der Waals surface area contributed by atoms with E-state index >= 15 is 0 Å². The fourth-order valence-electron chi connectivity index (χ4n) is 1.43. The normalized spacial score (nSPS) is 11.0. The summed E-state index contributed by atoms with van der Waals surface area (Å²) >= 11 is 0. The van der Waals surface area contributed by atoms with Crippen molar-refractivity contribution in [1.82, 2.24) is 0 Å². The Hall–Kier alpha value is -2.40. The van der Waals surface area contributed by atoms with Gasteiger partial charge in [-0.1, -0.05) is 24.3 Å². The zero-order valence-electron chi connectivity index (χ0n) is 11.8. The lowest BCUT2D eigenvalue weighted by Crippen LogP contribution is -2.04. The monoisotopic (exact) mass is 290 g/mol. The number of benzene rings is 1. The molecule has 0 atom stereocenters. The highest BCUT2D eigenvalue weighted by Gasteiger charge is 1.96. The number of aliphatic hydroxyl groups is 1. The molecule has 1 aromatic carbocycles. The molecule has 112 valence electrons. The molecule has 0 aliphatic heterocycles. The van der Waals surface area contributed by atoms with Gasteiger partial charge in [0.2, 0.25) is 0 Å². The Balaban J connectivity index is 2.56. The Morgan fingerprint density at radius 3 is 1.90 bits per heavy atom. The van der Waals surface area contributed by atoms with Gasteiger partial charge in [0.05, 0.1) is 13.2 Å². The molecule has 1 rings (SSSR count). The molecule has 21 heavy (non-hydrogen) atoms. The van der Waals surface area contributed by atoms with Crippen LogP contribution in [0.3, 0.4) is 0 Å². The van der Waals surface area contributed by atoms with Gasteiger partial charge >= 0.3 is 11.9 Å². The van der Waals surface area contributed by atoms with Crippen LogP contribution in [0.1, 0.15) is 18.1 Å². The van der Waals surface area contributed by atoms with Gasteiger partial charge in [-0.05, 0) is 30.2 Å². The molecular formula is C16H18O5. The maximum absolute atomic E-state index is 11.2. The van der Waals surface area contributed by atoms with Crippen molar-refractivity contribution in [3.8, 4) is 0 Å². The quantitative estimate of drug-likeness (QED) is 0.612. The lowest BCUT2D eigenvalue weighted by atomic mass is 10.1. The van der Waals surface area contributed by atoms with Crippen molar-refractivity contribution in [2.45, 2.75) is 6.92 Å². The number of rotatable bonds is 7. The van der Waals surface area contributed by atoms with Gasteiger partial charge in [-0.15, -0.1) is 0 Å². The van der Waals surface area contributed by atoms with Crippen molar-refractivity contribution in [2.75, 3.05) is 19.8 Å². The molecule has 0 aliphatic carbocycles. The third-order valence-electron chi connectivity index (χ3n) is 2.38. The predicted octanol–water partition coefficient (Wildman–Crippen LogP) is 1.81. The second-order valence-electron chi connectivity index (χ2n) is 3.98. The first kappa shape index (κ1) is 16.7. The number of hydrogen-bond acceptors (Lipinski definition) is 5. The van der Waals surface area contributed by atoms with Crippen LogP contribution >= 0.6 is 0 Å². The lowest BCUT2D eigenvalue weighted by Gasteiger charge is -1.98. The van der Waals surface area contributed by atoms with Crippen molar-refractivity contribution in [2.24, 2.45) is 0 Å². The standard InChI is InChI=1S/C16H18O5/c1-2-20-15(18)9-7-13-3-5-14(6-4-13)8-10-16(19)21-12-11-17/h3-10,17H,2,11-12H2,1H3/b9-7+,10-8+. The Bertz CT molecular complexity index is 514. The van der Waals surface area contributed by atoms with Gasteiger partial charge in [0.25, 0.3) is 0 Å². The van der Waals surface area contributed by atoms with Crippen LogP contribution in [-0.4, -0.2) is 36.9 Å². The van der Waals surface area contributed by atoms with Gasteiger partial charge in [-0.3, -0.25) is 0 Å². The molecule has 0 radical (unpaired) electrons. The summed E-state index contributed by atoms with van der Waals surface area (Å²) in [6.45, 7) is 1.89. The highest BCUT2D eigenvalue weighted by molar-refractivity contribution is 5.88. The molecule has 0 amide bonds. The van der Waals surface area contributed by atoms with Crippen LogP contribution in [0.15, 0.2) is 36.4 Å². The third kappa shape index (κ3) is 7.08. The summed E-state index contributed by atoms with van der Waals surface area (Å²) in [6, 6.07) is 7.24. The fraction of sp³-hybridized carbons (Fsp3) is 0.250. The minimum absolute atomic E-state index is 0.0131. The number of esters is 2. The van der Waals surface area contributed by atoms with Crippen LogP contribution in [0, 0.1) is 0 Å². The molecule has 0 spiro atoms. The number of carbonyl (C=O) groups is 2. The molecular weight excluding hydrogens is 272 g/mol. The first-order valence-electron chi connectivity index (χ1n) is 6.56. The average Bonchev–Trinajstić information content (AvgIpc) is 2.50. The van der Waals surface area contributed by atoms with Crippen LogP contribution in [0.2, 0.25) is 0 Å². The second-order valence-corrected chi connectivity index (χ2v) is 3.98. The van der Waals surface area contributed by atoms with Crippen molar-refractivity contribution in [1.29, 1.82) is 0 Å². The van der Waals surface area contributed by atoms with Gasteiger partial charge in [0, 0.05) is 12.2 Å². The first-order chi connectivity index (χ1) is 10.2. The topological polar surface area (TPSA) is 72.8 Å². The van der Waals surface area contributed by atoms with E-state index in [9.17, 15) is 9.59 Å². The Morgan fingerprint density at radius 1 is 1.00 bits per heavy atom. The number of ether oxygens (including phenoxy) is 2. The average molecular weight is 290 g/mol. The van der Waals surface area contributed by atoms with Crippen LogP contribution < -0.4 is 0 Å². The summed E-state index contributed by atoms with van der Waals surface area (Å²) in [5, 5.41) is 8.51. The van der Waals surface area contributed by atoms with Crippen LogP contribution in [0.25, 0.3) is 12.2 Å². The van der Waals surface area contributed by atoms with Gasteiger partial charge in [0.15, 0.2) is 0 Å². The van der Waals surface area contributed by atoms with E-state index in [-0.39, 0.29) is 19.2 Å². The van der Waals surface area contributed by atoms with Crippen molar-refractivity contribution in [3.05, 3.63) is 47.5 Å². The molecule has 1 aromatic rings. The zero-order chi connectivity index (χ0) is 15.5. The predicted molar refractivity (Wildman–Crippen MR) is 79.2 cm³/mol. The van der Waals surface area contributed by atoms with Crippen molar-refractivity contribution < 1.29 is 24.2 Å². The van der Waals surface area contributed by atoms with E-state index < -0.39 is 5.97 Å². The molecule has 0 bridgehead atoms. The Kier molecular flexibility index (Phi) is 7.53. The van der Waals surface area contributed by atoms with E-state index in [0.717, 1.165) is 11.1 Å². The minimum atomic E-state index is -0.504. The fourth-order valence-corrected chi connectivity index (χ4v) is 1.43. The van der Waals surface area contributed by atoms with Gasteiger partial charge in [-0.25, -0.2) is 9.59 Å². The molecule has 1 N–H and O–H groups in total. The van der Waals surface area contributed by atoms with E-state index in [1.54, 1.807) is 31.2 Å². The largest absolute Gasteiger partial charge is 0.463 e. The lowest BCUT2D eigenvalue weighted by molar-refractivity contribution is -0.139. The highest BCUT2D eigenvalue weighted by atomic mass is 16.5. The Labute approximate surface area is 123 Å². The van der Waals surface area contributed by atoms with E-state index in [1.165, 1.54) is 12.2 Å². The number of aliphatic hydroxyl groups excluding tert-OH is 1. The Morgan fingerprint density at radius 2 is 1.48 bits per heavy atom. The first-order valence-corrected chi connectivity index (χ1v) is 6.56. The number of carbonyl (C=O) groups excluding carboxylic acids is 2. The molecule has 0 unspecified atom stereocenters. The summed E-state index contributed by atoms with van der Waals surface area (Å²) < 4.78 is 9.46. The summed E-state index contributed by atoms with van der Waals surface area (Å²) in [4.78, 5) is 22.4. The second kappa shape index (κ2) is 9.50. The van der Waals surface area contributed by atoms with Gasteiger partial charge in [0.1, 0.15) is 6.61 Å². The molecule has 0 aliphatic rings. The molecule has 0 fully saturated rings. The van der Waals surface area contributed by atoms with Crippen molar-refractivity contribution in [3.63, 3.8) is 0 Å². The summed E-state index contributed by atoms with van der Waals surface area (Å²) in [6.07, 6.45) is 5.92.